The number of aromatic nitrogens is 4. The Hall–Kier alpha value is -3.55. The van der Waals surface area contributed by atoms with Crippen LogP contribution in [0, 0.1) is 13.8 Å². The molecular formula is C22H24N6O2. The van der Waals surface area contributed by atoms with E-state index in [1.807, 2.05) is 30.9 Å². The number of nitrogens with zero attached hydrogens (tertiary/aromatic N) is 5. The van der Waals surface area contributed by atoms with E-state index < -0.39 is 0 Å². The van der Waals surface area contributed by atoms with Gasteiger partial charge >= 0.3 is 0 Å². The minimum Gasteiger partial charge on any atom is -0.465 e. The van der Waals surface area contributed by atoms with Crippen LogP contribution >= 0.6 is 0 Å². The van der Waals surface area contributed by atoms with Gasteiger partial charge < -0.3 is 14.6 Å². The SMILES string of the molecule is Cc1cc(C)nc(Nc2nccnc2C2CCN(C(=O)C=Cc3ccco3)CC2)n1. The minimum atomic E-state index is -0.00835. The number of amides is 1. The number of hydrogen-bond acceptors (Lipinski definition) is 7. The third-order valence-electron chi connectivity index (χ3n) is 5.07. The summed E-state index contributed by atoms with van der Waals surface area (Å²) in [5.41, 5.74) is 2.67. The van der Waals surface area contributed by atoms with E-state index in [0.717, 1.165) is 29.9 Å². The fraction of sp³-hybridized carbons (Fsp3) is 0.318. The molecule has 4 rings (SSSR count). The monoisotopic (exact) mass is 404 g/mol. The first-order valence-electron chi connectivity index (χ1n) is 9.99. The molecule has 0 aromatic carbocycles. The summed E-state index contributed by atoms with van der Waals surface area (Å²) in [5.74, 6) is 2.06. The Balaban J connectivity index is 1.42. The van der Waals surface area contributed by atoms with Crippen molar-refractivity contribution in [2.24, 2.45) is 0 Å². The molecule has 0 atom stereocenters. The third-order valence-corrected chi connectivity index (χ3v) is 5.07. The third kappa shape index (κ3) is 4.71. The number of rotatable bonds is 5. The Morgan fingerprint density at radius 1 is 1.17 bits per heavy atom. The average molecular weight is 404 g/mol. The lowest BCUT2D eigenvalue weighted by Crippen LogP contribution is -2.37. The van der Waals surface area contributed by atoms with Crippen molar-refractivity contribution in [1.29, 1.82) is 0 Å². The van der Waals surface area contributed by atoms with Gasteiger partial charge in [0.05, 0.1) is 12.0 Å². The molecule has 1 fully saturated rings. The second-order valence-electron chi connectivity index (χ2n) is 7.34. The molecule has 1 saturated heterocycles. The van der Waals surface area contributed by atoms with Crippen LogP contribution in [0.3, 0.4) is 0 Å². The van der Waals surface area contributed by atoms with Crippen LogP contribution in [0.1, 0.15) is 41.6 Å². The number of piperidine rings is 1. The molecular weight excluding hydrogens is 380 g/mol. The number of hydrogen-bond donors (Lipinski definition) is 1. The summed E-state index contributed by atoms with van der Waals surface area (Å²) in [6.07, 6.45) is 9.85. The van der Waals surface area contributed by atoms with Crippen LogP contribution < -0.4 is 5.32 Å². The number of carbonyl (C=O) groups excluding carboxylic acids is 1. The lowest BCUT2D eigenvalue weighted by Gasteiger charge is -2.31. The largest absolute Gasteiger partial charge is 0.465 e. The summed E-state index contributed by atoms with van der Waals surface area (Å²) in [4.78, 5) is 32.2. The van der Waals surface area contributed by atoms with E-state index in [4.69, 9.17) is 4.42 Å². The van der Waals surface area contributed by atoms with Crippen LogP contribution in [0.2, 0.25) is 0 Å². The van der Waals surface area contributed by atoms with Gasteiger partial charge in [0.1, 0.15) is 5.76 Å². The highest BCUT2D eigenvalue weighted by atomic mass is 16.3. The number of carbonyl (C=O) groups is 1. The van der Waals surface area contributed by atoms with E-state index in [1.54, 1.807) is 36.9 Å². The van der Waals surface area contributed by atoms with E-state index in [-0.39, 0.29) is 11.8 Å². The Bertz CT molecular complexity index is 1020. The molecule has 0 saturated carbocycles. The van der Waals surface area contributed by atoms with E-state index in [1.165, 1.54) is 0 Å². The van der Waals surface area contributed by atoms with Gasteiger partial charge in [-0.1, -0.05) is 0 Å². The average Bonchev–Trinajstić information content (AvgIpc) is 3.25. The first kappa shape index (κ1) is 19.8. The number of likely N-dealkylation sites (tertiary alicyclic amines) is 1. The summed E-state index contributed by atoms with van der Waals surface area (Å²) in [7, 11) is 0. The van der Waals surface area contributed by atoms with Crippen LogP contribution in [0.5, 0.6) is 0 Å². The molecule has 0 radical (unpaired) electrons. The first-order chi connectivity index (χ1) is 14.6. The summed E-state index contributed by atoms with van der Waals surface area (Å²) >= 11 is 0. The Kier molecular flexibility index (Phi) is 5.83. The lowest BCUT2D eigenvalue weighted by molar-refractivity contribution is -0.126. The maximum absolute atomic E-state index is 12.4. The predicted molar refractivity (Wildman–Crippen MR) is 113 cm³/mol. The molecule has 1 aliphatic heterocycles. The summed E-state index contributed by atoms with van der Waals surface area (Å²) in [5, 5.41) is 3.22. The predicted octanol–water partition coefficient (Wildman–Crippen LogP) is 3.64. The van der Waals surface area contributed by atoms with Crippen molar-refractivity contribution >= 4 is 23.7 Å². The normalized spacial score (nSPS) is 14.9. The zero-order valence-corrected chi connectivity index (χ0v) is 17.1. The van der Waals surface area contributed by atoms with Gasteiger partial charge in [-0.2, -0.15) is 0 Å². The summed E-state index contributed by atoms with van der Waals surface area (Å²) in [6, 6.07) is 5.54. The van der Waals surface area contributed by atoms with Crippen LogP contribution in [0.25, 0.3) is 6.08 Å². The van der Waals surface area contributed by atoms with Gasteiger partial charge in [-0.3, -0.25) is 9.78 Å². The van der Waals surface area contributed by atoms with Crippen LogP contribution in [-0.4, -0.2) is 43.8 Å². The van der Waals surface area contributed by atoms with Gasteiger partial charge in [0.25, 0.3) is 0 Å². The van der Waals surface area contributed by atoms with Crippen molar-refractivity contribution in [1.82, 2.24) is 24.8 Å². The van der Waals surface area contributed by atoms with Crippen LogP contribution in [0.15, 0.2) is 47.3 Å². The second kappa shape index (κ2) is 8.86. The maximum atomic E-state index is 12.4. The van der Waals surface area contributed by atoms with Gasteiger partial charge in [-0.15, -0.1) is 0 Å². The molecule has 8 nitrogen and oxygen atoms in total. The van der Waals surface area contributed by atoms with Crippen molar-refractivity contribution in [3.05, 3.63) is 65.8 Å². The smallest absolute Gasteiger partial charge is 0.246 e. The summed E-state index contributed by atoms with van der Waals surface area (Å²) in [6.45, 7) is 5.21. The van der Waals surface area contributed by atoms with Gasteiger partial charge in [0, 0.05) is 48.9 Å². The molecule has 0 unspecified atom stereocenters. The fourth-order valence-corrected chi connectivity index (χ4v) is 3.65. The molecule has 30 heavy (non-hydrogen) atoms. The zero-order valence-electron chi connectivity index (χ0n) is 17.1. The molecule has 0 spiro atoms. The molecule has 1 N–H and O–H groups in total. The van der Waals surface area contributed by atoms with Crippen LogP contribution in [-0.2, 0) is 4.79 Å². The molecule has 154 valence electrons. The van der Waals surface area contributed by atoms with Gasteiger partial charge in [-0.25, -0.2) is 15.0 Å². The topological polar surface area (TPSA) is 97.0 Å². The first-order valence-corrected chi connectivity index (χ1v) is 9.99. The lowest BCUT2D eigenvalue weighted by atomic mass is 9.93. The highest BCUT2D eigenvalue weighted by Crippen LogP contribution is 2.31. The van der Waals surface area contributed by atoms with Gasteiger partial charge in [0.2, 0.25) is 11.9 Å². The highest BCUT2D eigenvalue weighted by Gasteiger charge is 2.26. The standard InChI is InChI=1S/C22H24N6O2/c1-15-14-16(2)26-22(25-15)27-21-20(23-9-10-24-21)17-7-11-28(12-8-17)19(29)6-5-18-4-3-13-30-18/h3-6,9-10,13-14,17H,7-8,11-12H2,1-2H3,(H,24,25,26,27). The maximum Gasteiger partial charge on any atom is 0.246 e. The number of nitrogens with one attached hydrogen (secondary N) is 1. The Morgan fingerprint density at radius 2 is 1.90 bits per heavy atom. The fourth-order valence-electron chi connectivity index (χ4n) is 3.65. The van der Waals surface area contributed by atoms with Crippen LogP contribution in [0.4, 0.5) is 11.8 Å². The summed E-state index contributed by atoms with van der Waals surface area (Å²) < 4.78 is 5.23. The Labute approximate surface area is 175 Å². The van der Waals surface area contributed by atoms with Crippen molar-refractivity contribution in [2.75, 3.05) is 18.4 Å². The molecule has 4 heterocycles. The van der Waals surface area contributed by atoms with Crippen molar-refractivity contribution in [2.45, 2.75) is 32.6 Å². The number of furan rings is 1. The zero-order chi connectivity index (χ0) is 20.9. The molecule has 3 aromatic heterocycles. The molecule has 1 aliphatic rings. The van der Waals surface area contributed by atoms with Gasteiger partial charge in [0.15, 0.2) is 5.82 Å². The molecule has 0 aliphatic carbocycles. The quantitative estimate of drug-likeness (QED) is 0.648. The molecule has 1 amide bonds. The molecule has 8 heteroatoms. The minimum absolute atomic E-state index is 0.00835. The second-order valence-corrected chi connectivity index (χ2v) is 7.34. The Morgan fingerprint density at radius 3 is 2.60 bits per heavy atom. The van der Waals surface area contributed by atoms with Crippen molar-refractivity contribution in [3.63, 3.8) is 0 Å². The van der Waals surface area contributed by atoms with Crippen molar-refractivity contribution < 1.29 is 9.21 Å². The number of anilines is 2. The van der Waals surface area contributed by atoms with E-state index in [0.29, 0.717) is 30.6 Å². The van der Waals surface area contributed by atoms with E-state index in [2.05, 4.69) is 25.3 Å². The van der Waals surface area contributed by atoms with E-state index >= 15 is 0 Å². The van der Waals surface area contributed by atoms with Crippen molar-refractivity contribution in [3.8, 4) is 0 Å². The number of aryl methyl sites for hydroxylation is 2. The molecule has 0 bridgehead atoms. The highest BCUT2D eigenvalue weighted by molar-refractivity contribution is 5.91. The van der Waals surface area contributed by atoms with E-state index in [9.17, 15) is 4.79 Å². The van der Waals surface area contributed by atoms with Gasteiger partial charge in [-0.05, 0) is 51.0 Å². The molecule has 3 aromatic rings.